The van der Waals surface area contributed by atoms with Crippen molar-refractivity contribution in [1.29, 1.82) is 0 Å². The molecule has 1 aromatic rings. The lowest BCUT2D eigenvalue weighted by Crippen LogP contribution is -2.31. The Morgan fingerprint density at radius 3 is 2.42 bits per heavy atom. The number of sulfonamides is 1. The van der Waals surface area contributed by atoms with E-state index >= 15 is 0 Å². The van der Waals surface area contributed by atoms with Gasteiger partial charge in [0.1, 0.15) is 0 Å². The lowest BCUT2D eigenvalue weighted by molar-refractivity contribution is 0.0630. The van der Waals surface area contributed by atoms with Gasteiger partial charge in [-0.15, -0.1) is 0 Å². The summed E-state index contributed by atoms with van der Waals surface area (Å²) in [5.74, 6) is 0. The number of hydrogen-bond acceptors (Lipinski definition) is 5. The highest BCUT2D eigenvalue weighted by molar-refractivity contribution is 7.89. The number of ether oxygens (including phenoxy) is 1. The van der Waals surface area contributed by atoms with Crippen LogP contribution in [0.3, 0.4) is 0 Å². The number of benzene rings is 1. The molecule has 19 heavy (non-hydrogen) atoms. The fraction of sp³-hybridized carbons (Fsp3) is 0.500. The normalized spacial score (nSPS) is 15.2. The molecule has 4 N–H and O–H groups in total. The molecule has 1 rings (SSSR count). The van der Waals surface area contributed by atoms with E-state index in [0.29, 0.717) is 6.54 Å². The average Bonchev–Trinajstić information content (AvgIpc) is 2.35. The van der Waals surface area contributed by atoms with Crippen LogP contribution in [-0.4, -0.2) is 39.9 Å². The minimum atomic E-state index is -3.66. The molecule has 2 atom stereocenters. The van der Waals surface area contributed by atoms with Crippen molar-refractivity contribution in [2.75, 3.05) is 20.3 Å². The molecule has 0 fully saturated rings. The van der Waals surface area contributed by atoms with Crippen LogP contribution >= 0.6 is 0 Å². The quantitative estimate of drug-likeness (QED) is 0.655. The van der Waals surface area contributed by atoms with Gasteiger partial charge in [0.15, 0.2) is 0 Å². The molecule has 108 valence electrons. The monoisotopic (exact) mass is 288 g/mol. The van der Waals surface area contributed by atoms with Crippen LogP contribution in [0.1, 0.15) is 18.5 Å². The summed E-state index contributed by atoms with van der Waals surface area (Å²) in [4.78, 5) is 0.0860. The van der Waals surface area contributed by atoms with Gasteiger partial charge < -0.3 is 15.2 Å². The van der Waals surface area contributed by atoms with E-state index in [9.17, 15) is 13.5 Å². The summed E-state index contributed by atoms with van der Waals surface area (Å²) in [5.41, 5.74) is 0.914. The molecular weight excluding hydrogens is 268 g/mol. The zero-order valence-corrected chi connectivity index (χ0v) is 11.9. The zero-order chi connectivity index (χ0) is 14.5. The van der Waals surface area contributed by atoms with Crippen molar-refractivity contribution in [3.8, 4) is 0 Å². The molecule has 0 saturated carbocycles. The van der Waals surface area contributed by atoms with Crippen molar-refractivity contribution in [3.63, 3.8) is 0 Å². The summed E-state index contributed by atoms with van der Waals surface area (Å²) in [6, 6.07) is 6.31. The van der Waals surface area contributed by atoms with Crippen molar-refractivity contribution >= 4 is 10.0 Å². The Labute approximate surface area is 113 Å². The van der Waals surface area contributed by atoms with Gasteiger partial charge in [0.2, 0.25) is 10.0 Å². The first-order valence-electron chi connectivity index (χ1n) is 5.87. The Morgan fingerprint density at radius 1 is 1.37 bits per heavy atom. The molecule has 0 spiro atoms. The fourth-order valence-corrected chi connectivity index (χ4v) is 2.14. The molecule has 0 aliphatic heterocycles. The average molecular weight is 288 g/mol. The van der Waals surface area contributed by atoms with E-state index < -0.39 is 16.1 Å². The van der Waals surface area contributed by atoms with Crippen molar-refractivity contribution in [2.24, 2.45) is 5.14 Å². The van der Waals surface area contributed by atoms with E-state index in [1.165, 1.54) is 19.2 Å². The second-order valence-electron chi connectivity index (χ2n) is 4.35. The number of primary sulfonamides is 1. The van der Waals surface area contributed by atoms with E-state index in [1.807, 2.05) is 6.92 Å². The standard InChI is InChI=1S/C12H20N2O4S/c1-9(14-7-11(15)8-18-2)10-3-5-12(6-4-10)19(13,16)17/h3-6,9,11,14-15H,7-8H2,1-2H3,(H2,13,16,17). The molecule has 0 amide bonds. The number of nitrogens with two attached hydrogens (primary N) is 1. The van der Waals surface area contributed by atoms with Gasteiger partial charge in [-0.1, -0.05) is 12.1 Å². The van der Waals surface area contributed by atoms with Gasteiger partial charge in [-0.25, -0.2) is 13.6 Å². The van der Waals surface area contributed by atoms with Gasteiger partial charge in [-0.2, -0.15) is 0 Å². The number of aliphatic hydroxyl groups is 1. The molecule has 0 saturated heterocycles. The second kappa shape index (κ2) is 6.97. The number of hydrogen-bond donors (Lipinski definition) is 3. The summed E-state index contributed by atoms with van der Waals surface area (Å²) >= 11 is 0. The van der Waals surface area contributed by atoms with Gasteiger partial charge in [0, 0.05) is 19.7 Å². The highest BCUT2D eigenvalue weighted by Crippen LogP contribution is 2.15. The van der Waals surface area contributed by atoms with Crippen LogP contribution in [0.5, 0.6) is 0 Å². The molecule has 0 bridgehead atoms. The number of aliphatic hydroxyl groups excluding tert-OH is 1. The molecule has 0 radical (unpaired) electrons. The summed E-state index contributed by atoms with van der Waals surface area (Å²) in [7, 11) is -2.13. The Balaban J connectivity index is 2.61. The summed E-state index contributed by atoms with van der Waals surface area (Å²) < 4.78 is 27.1. The molecule has 0 aromatic heterocycles. The van der Waals surface area contributed by atoms with Crippen molar-refractivity contribution in [2.45, 2.75) is 24.0 Å². The maximum atomic E-state index is 11.1. The van der Waals surface area contributed by atoms with Crippen molar-refractivity contribution in [1.82, 2.24) is 5.32 Å². The molecular formula is C12H20N2O4S. The van der Waals surface area contributed by atoms with E-state index in [2.05, 4.69) is 5.32 Å². The topological polar surface area (TPSA) is 102 Å². The fourth-order valence-electron chi connectivity index (χ4n) is 1.63. The first-order valence-corrected chi connectivity index (χ1v) is 7.42. The molecule has 2 unspecified atom stereocenters. The Hall–Kier alpha value is -0.990. The second-order valence-corrected chi connectivity index (χ2v) is 5.91. The highest BCUT2D eigenvalue weighted by Gasteiger charge is 2.11. The Morgan fingerprint density at radius 2 is 1.95 bits per heavy atom. The third-order valence-corrected chi connectivity index (χ3v) is 3.66. The maximum Gasteiger partial charge on any atom is 0.238 e. The van der Waals surface area contributed by atoms with Crippen LogP contribution in [0.15, 0.2) is 29.2 Å². The van der Waals surface area contributed by atoms with Gasteiger partial charge in [0.25, 0.3) is 0 Å². The van der Waals surface area contributed by atoms with E-state index in [1.54, 1.807) is 12.1 Å². The van der Waals surface area contributed by atoms with Crippen molar-refractivity contribution < 1.29 is 18.3 Å². The first-order chi connectivity index (χ1) is 8.84. The van der Waals surface area contributed by atoms with E-state index in [4.69, 9.17) is 9.88 Å². The van der Waals surface area contributed by atoms with Crippen LogP contribution in [0.25, 0.3) is 0 Å². The lowest BCUT2D eigenvalue weighted by atomic mass is 10.1. The highest BCUT2D eigenvalue weighted by atomic mass is 32.2. The summed E-state index contributed by atoms with van der Waals surface area (Å²) in [6.07, 6.45) is -0.573. The third-order valence-electron chi connectivity index (χ3n) is 2.73. The number of nitrogens with one attached hydrogen (secondary N) is 1. The van der Waals surface area contributed by atoms with Crippen LogP contribution in [-0.2, 0) is 14.8 Å². The lowest BCUT2D eigenvalue weighted by Gasteiger charge is -2.17. The minimum Gasteiger partial charge on any atom is -0.389 e. The third kappa shape index (κ3) is 5.25. The molecule has 6 nitrogen and oxygen atoms in total. The van der Waals surface area contributed by atoms with E-state index in [-0.39, 0.29) is 17.5 Å². The molecule has 7 heteroatoms. The van der Waals surface area contributed by atoms with Gasteiger partial charge in [-0.05, 0) is 24.6 Å². The molecule has 1 aromatic carbocycles. The summed E-state index contributed by atoms with van der Waals surface area (Å²) in [6.45, 7) is 2.58. The van der Waals surface area contributed by atoms with Crippen LogP contribution in [0.4, 0.5) is 0 Å². The van der Waals surface area contributed by atoms with Gasteiger partial charge >= 0.3 is 0 Å². The smallest absolute Gasteiger partial charge is 0.238 e. The molecule has 0 aliphatic rings. The largest absolute Gasteiger partial charge is 0.389 e. The summed E-state index contributed by atoms with van der Waals surface area (Å²) in [5, 5.41) is 17.7. The molecule has 0 aliphatic carbocycles. The zero-order valence-electron chi connectivity index (χ0n) is 11.0. The van der Waals surface area contributed by atoms with Crippen LogP contribution in [0.2, 0.25) is 0 Å². The Bertz CT molecular complexity index is 487. The minimum absolute atomic E-state index is 0.0129. The number of methoxy groups -OCH3 is 1. The van der Waals surface area contributed by atoms with Gasteiger partial charge in [0.05, 0.1) is 17.6 Å². The van der Waals surface area contributed by atoms with Crippen LogP contribution in [0, 0.1) is 0 Å². The number of rotatable bonds is 7. The van der Waals surface area contributed by atoms with Crippen LogP contribution < -0.4 is 10.5 Å². The van der Waals surface area contributed by atoms with Gasteiger partial charge in [-0.3, -0.25) is 0 Å². The van der Waals surface area contributed by atoms with Crippen molar-refractivity contribution in [3.05, 3.63) is 29.8 Å². The Kier molecular flexibility index (Phi) is 5.89. The first kappa shape index (κ1) is 16.1. The van der Waals surface area contributed by atoms with E-state index in [0.717, 1.165) is 5.56 Å². The predicted molar refractivity (Wildman–Crippen MR) is 72.1 cm³/mol. The SMILES string of the molecule is COCC(O)CNC(C)c1ccc(S(N)(=O)=O)cc1. The molecule has 0 heterocycles. The maximum absolute atomic E-state index is 11.1. The predicted octanol–water partition coefficient (Wildman–Crippen LogP) is -0.00810.